The van der Waals surface area contributed by atoms with E-state index in [0.29, 0.717) is 37.7 Å². The third-order valence-electron chi connectivity index (χ3n) is 7.81. The average molecular weight is 670 g/mol. The number of aromatic nitrogens is 1. The summed E-state index contributed by atoms with van der Waals surface area (Å²) in [5, 5.41) is 14.8. The van der Waals surface area contributed by atoms with Crippen LogP contribution >= 0.6 is 0 Å². The van der Waals surface area contributed by atoms with Gasteiger partial charge in [0.15, 0.2) is 5.78 Å². The van der Waals surface area contributed by atoms with Gasteiger partial charge in [0.25, 0.3) is 0 Å². The Bertz CT molecular complexity index is 1370. The van der Waals surface area contributed by atoms with Gasteiger partial charge in [0.2, 0.25) is 23.6 Å². The van der Waals surface area contributed by atoms with Crippen LogP contribution in [0.2, 0.25) is 0 Å². The van der Waals surface area contributed by atoms with Gasteiger partial charge in [-0.1, -0.05) is 70.1 Å². The Morgan fingerprint density at radius 3 is 2.19 bits per heavy atom. The largest absolute Gasteiger partial charge is 0.464 e. The molecule has 0 aliphatic carbocycles. The van der Waals surface area contributed by atoms with Crippen molar-refractivity contribution in [2.24, 2.45) is 11.8 Å². The predicted octanol–water partition coefficient (Wildman–Crippen LogP) is 2.66. The Balaban J connectivity index is 1.66. The van der Waals surface area contributed by atoms with Crippen LogP contribution in [0.5, 0.6) is 5.95 Å². The zero-order valence-electron chi connectivity index (χ0n) is 28.9. The molecule has 1 aliphatic rings. The monoisotopic (exact) mass is 669 g/mol. The Morgan fingerprint density at radius 2 is 1.56 bits per heavy atom. The van der Waals surface area contributed by atoms with Crippen LogP contribution in [0.15, 0.2) is 40.9 Å². The zero-order chi connectivity index (χ0) is 35.3. The number of ketones is 1. The molecule has 1 aromatic heterocycles. The number of rotatable bonds is 21. The number of carbonyl (C=O) groups excluding carboxylic acids is 5. The number of benzene rings is 1. The summed E-state index contributed by atoms with van der Waals surface area (Å²) in [7, 11) is 0. The summed E-state index contributed by atoms with van der Waals surface area (Å²) in [5.41, 5.74) is 0.241. The topological polar surface area (TPSA) is 181 Å². The molecule has 1 fully saturated rings. The minimum absolute atomic E-state index is 0.0191. The van der Waals surface area contributed by atoms with Crippen LogP contribution in [0.25, 0.3) is 0 Å². The van der Waals surface area contributed by atoms with Gasteiger partial charge in [-0.3, -0.25) is 24.0 Å². The number of ether oxygens (including phenoxy) is 2. The molecule has 48 heavy (non-hydrogen) atoms. The summed E-state index contributed by atoms with van der Waals surface area (Å²) in [5.74, 6) is -1.73. The molecule has 4 unspecified atom stereocenters. The van der Waals surface area contributed by atoms with Gasteiger partial charge in [-0.25, -0.2) is 0 Å². The number of amides is 4. The molecule has 13 nitrogen and oxygen atoms in total. The van der Waals surface area contributed by atoms with E-state index in [0.717, 1.165) is 12.0 Å². The lowest BCUT2D eigenvalue weighted by Crippen LogP contribution is -2.58. The minimum Gasteiger partial charge on any atom is -0.464 e. The highest BCUT2D eigenvalue weighted by Crippen LogP contribution is 2.29. The van der Waals surface area contributed by atoms with E-state index >= 15 is 0 Å². The summed E-state index contributed by atoms with van der Waals surface area (Å²) in [6.07, 6.45) is 2.28. The number of hydrogen-bond donors (Lipinski definition) is 4. The first-order valence-electron chi connectivity index (χ1n) is 16.8. The van der Waals surface area contributed by atoms with Crippen molar-refractivity contribution >= 4 is 29.4 Å². The fourth-order valence-corrected chi connectivity index (χ4v) is 4.99. The van der Waals surface area contributed by atoms with Crippen molar-refractivity contribution in [2.45, 2.75) is 104 Å². The highest BCUT2D eigenvalue weighted by atomic mass is 16.6. The number of hydrogen-bond acceptors (Lipinski definition) is 9. The predicted molar refractivity (Wildman–Crippen MR) is 178 cm³/mol. The first-order chi connectivity index (χ1) is 22.8. The number of nitrogens with zero attached hydrogens (tertiary/aromatic N) is 1. The normalized spacial score (nSPS) is 17.2. The van der Waals surface area contributed by atoms with Crippen molar-refractivity contribution < 1.29 is 38.0 Å². The minimum atomic E-state index is -1.03. The zero-order valence-corrected chi connectivity index (χ0v) is 28.9. The van der Waals surface area contributed by atoms with Gasteiger partial charge in [-0.05, 0) is 50.0 Å². The Kier molecular flexibility index (Phi) is 14.6. The summed E-state index contributed by atoms with van der Waals surface area (Å²) < 4.78 is 15.8. The molecule has 1 aromatic carbocycles. The lowest BCUT2D eigenvalue weighted by molar-refractivity contribution is -0.134. The molecule has 2 heterocycles. The van der Waals surface area contributed by atoms with E-state index in [4.69, 9.17) is 14.0 Å². The molecule has 0 saturated carbocycles. The molecule has 2 aromatic rings. The molecule has 0 spiro atoms. The Hall–Kier alpha value is -4.26. The number of epoxide rings is 1. The maximum atomic E-state index is 13.8. The van der Waals surface area contributed by atoms with Crippen LogP contribution in [0.4, 0.5) is 0 Å². The number of carbonyl (C=O) groups is 5. The number of nitrogens with one attached hydrogen (secondary N) is 4. The van der Waals surface area contributed by atoms with Gasteiger partial charge in [-0.2, -0.15) is 0 Å². The third kappa shape index (κ3) is 12.7. The molecule has 13 heteroatoms. The lowest BCUT2D eigenvalue weighted by Gasteiger charge is -2.27. The van der Waals surface area contributed by atoms with E-state index < -0.39 is 47.4 Å². The maximum absolute atomic E-state index is 13.8. The molecule has 0 bridgehead atoms. The number of Topliss-reactive ketones (excluding diaryl/α,β-unsaturated/α-hetero) is 1. The van der Waals surface area contributed by atoms with Crippen molar-refractivity contribution in [1.82, 2.24) is 26.4 Å². The summed E-state index contributed by atoms with van der Waals surface area (Å²) in [6.45, 7) is 11.9. The van der Waals surface area contributed by atoms with E-state index in [1.54, 1.807) is 6.92 Å². The molecule has 4 amide bonds. The van der Waals surface area contributed by atoms with Crippen LogP contribution in [0.3, 0.4) is 0 Å². The van der Waals surface area contributed by atoms with Gasteiger partial charge >= 0.3 is 5.95 Å². The van der Waals surface area contributed by atoms with Gasteiger partial charge in [0.05, 0.1) is 37.9 Å². The summed E-state index contributed by atoms with van der Waals surface area (Å²) in [6, 6.07) is 7.96. The van der Waals surface area contributed by atoms with Crippen LogP contribution in [-0.4, -0.2) is 78.1 Å². The fourth-order valence-electron chi connectivity index (χ4n) is 4.99. The summed E-state index contributed by atoms with van der Waals surface area (Å²) >= 11 is 0. The second kappa shape index (κ2) is 18.3. The molecule has 4 atom stereocenters. The van der Waals surface area contributed by atoms with Crippen molar-refractivity contribution in [1.29, 1.82) is 0 Å². The molecule has 4 N–H and O–H groups in total. The van der Waals surface area contributed by atoms with Gasteiger partial charge in [0, 0.05) is 12.5 Å². The van der Waals surface area contributed by atoms with Crippen molar-refractivity contribution in [3.63, 3.8) is 0 Å². The van der Waals surface area contributed by atoms with Crippen LogP contribution in [0.1, 0.15) is 78.5 Å². The molecule has 264 valence electrons. The van der Waals surface area contributed by atoms with Crippen molar-refractivity contribution in [2.75, 3.05) is 19.8 Å². The Morgan fingerprint density at radius 1 is 0.896 bits per heavy atom. The molecular weight excluding hydrogens is 618 g/mol. The van der Waals surface area contributed by atoms with Crippen LogP contribution < -0.4 is 26.0 Å². The quantitative estimate of drug-likeness (QED) is 0.145. The second-order valence-corrected chi connectivity index (χ2v) is 13.4. The molecule has 1 saturated heterocycles. The van der Waals surface area contributed by atoms with Crippen LogP contribution in [-0.2, 0) is 41.6 Å². The first kappa shape index (κ1) is 38.2. The van der Waals surface area contributed by atoms with E-state index in [1.807, 2.05) is 65.0 Å². The SMILES string of the molecule is CCCOc1cc(CC(=O)NCC(=O)NC(CC(C)C)C(=O)NC(Cc2ccccc2)C(=O)NC(CCC(C)C)C(=O)C2(C)CO2)no1. The van der Waals surface area contributed by atoms with Crippen molar-refractivity contribution in [3.8, 4) is 5.95 Å². The maximum Gasteiger partial charge on any atom is 0.311 e. The van der Waals surface area contributed by atoms with E-state index in [9.17, 15) is 24.0 Å². The second-order valence-electron chi connectivity index (χ2n) is 13.4. The first-order valence-corrected chi connectivity index (χ1v) is 16.8. The van der Waals surface area contributed by atoms with Gasteiger partial charge in [-0.15, -0.1) is 0 Å². The highest BCUT2D eigenvalue weighted by Gasteiger charge is 2.50. The third-order valence-corrected chi connectivity index (χ3v) is 7.81. The van der Waals surface area contributed by atoms with E-state index in [2.05, 4.69) is 26.4 Å². The van der Waals surface area contributed by atoms with Crippen LogP contribution in [0, 0.1) is 11.8 Å². The van der Waals surface area contributed by atoms with Crippen molar-refractivity contribution in [3.05, 3.63) is 47.7 Å². The smallest absolute Gasteiger partial charge is 0.311 e. The lowest BCUT2D eigenvalue weighted by atomic mass is 9.93. The summed E-state index contributed by atoms with van der Waals surface area (Å²) in [4.78, 5) is 66.0. The molecule has 3 rings (SSSR count). The molecular formula is C35H51N5O8. The fraction of sp³-hybridized carbons (Fsp3) is 0.600. The van der Waals surface area contributed by atoms with Gasteiger partial charge in [0.1, 0.15) is 17.7 Å². The van der Waals surface area contributed by atoms with E-state index in [1.165, 1.54) is 6.07 Å². The standard InChI is InChI=1S/C35H51N5O8/c1-7-15-46-31-19-25(40-48-31)18-29(41)36-20-30(42)37-27(16-23(4)5)33(44)39-28(17-24-11-9-8-10-12-24)34(45)38-26(14-13-22(2)3)32(43)35(6)21-47-35/h8-12,19,22-23,26-28H,7,13-18,20-21H2,1-6H3,(H,36,41)(H,37,42)(H,38,45)(H,39,44). The van der Waals surface area contributed by atoms with Gasteiger partial charge < -0.3 is 35.3 Å². The Labute approximate surface area is 282 Å². The molecule has 0 radical (unpaired) electrons. The highest BCUT2D eigenvalue weighted by molar-refractivity contribution is 5.98. The van der Waals surface area contributed by atoms with E-state index in [-0.39, 0.29) is 43.5 Å². The molecule has 1 aliphatic heterocycles. The average Bonchev–Trinajstić information content (AvgIpc) is 3.64.